The molecule has 0 fully saturated rings. The van der Waals surface area contributed by atoms with Crippen molar-refractivity contribution < 1.29 is 4.42 Å². The van der Waals surface area contributed by atoms with Gasteiger partial charge in [0, 0.05) is 33.8 Å². The molecule has 0 spiro atoms. The lowest BCUT2D eigenvalue weighted by Gasteiger charge is -2.26. The van der Waals surface area contributed by atoms with Gasteiger partial charge in [0.25, 0.3) is 0 Å². The third-order valence-corrected chi connectivity index (χ3v) is 5.94. The number of para-hydroxylation sites is 1. The number of nitrogens with zero attached hydrogens (tertiary/aromatic N) is 1. The van der Waals surface area contributed by atoms with Crippen molar-refractivity contribution in [3.8, 4) is 0 Å². The van der Waals surface area contributed by atoms with Gasteiger partial charge < -0.3 is 9.32 Å². The van der Waals surface area contributed by atoms with Crippen LogP contribution in [0.5, 0.6) is 0 Å². The summed E-state index contributed by atoms with van der Waals surface area (Å²) in [5.41, 5.74) is 9.06. The van der Waals surface area contributed by atoms with Crippen LogP contribution >= 0.6 is 0 Å². The van der Waals surface area contributed by atoms with Crippen LogP contribution in [-0.2, 0) is 0 Å². The Bertz CT molecular complexity index is 1330. The van der Waals surface area contributed by atoms with E-state index in [1.54, 1.807) is 0 Å². The molecule has 0 bridgehead atoms. The van der Waals surface area contributed by atoms with Crippen LogP contribution in [0.3, 0.4) is 0 Å². The van der Waals surface area contributed by atoms with E-state index in [0.29, 0.717) is 0 Å². The molecule has 0 N–H and O–H groups in total. The highest BCUT2D eigenvalue weighted by Crippen LogP contribution is 2.49. The van der Waals surface area contributed by atoms with Crippen molar-refractivity contribution >= 4 is 33.2 Å². The maximum Gasteiger partial charge on any atom is 0.141 e. The van der Waals surface area contributed by atoms with Crippen LogP contribution in [0, 0.1) is 6.92 Å². The Balaban J connectivity index is 1.58. The van der Waals surface area contributed by atoms with Crippen LogP contribution < -0.4 is 0 Å². The minimum Gasteiger partial charge on any atom is -0.456 e. The van der Waals surface area contributed by atoms with Crippen molar-refractivity contribution in [1.82, 2.24) is 4.90 Å². The second kappa shape index (κ2) is 5.49. The summed E-state index contributed by atoms with van der Waals surface area (Å²) in [7, 11) is 0. The van der Waals surface area contributed by atoms with Gasteiger partial charge in [-0.15, -0.1) is 0 Å². The van der Waals surface area contributed by atoms with E-state index >= 15 is 0 Å². The third-order valence-electron chi connectivity index (χ3n) is 5.94. The van der Waals surface area contributed by atoms with Gasteiger partial charge in [-0.05, 0) is 42.3 Å². The molecule has 0 amide bonds. The van der Waals surface area contributed by atoms with E-state index in [-0.39, 0.29) is 6.04 Å². The molecule has 2 aliphatic heterocycles. The van der Waals surface area contributed by atoms with Crippen LogP contribution in [0.15, 0.2) is 90.0 Å². The van der Waals surface area contributed by atoms with Crippen LogP contribution in [0.1, 0.15) is 28.3 Å². The first-order valence-corrected chi connectivity index (χ1v) is 9.59. The van der Waals surface area contributed by atoms with Crippen molar-refractivity contribution in [1.29, 1.82) is 0 Å². The van der Waals surface area contributed by atoms with Gasteiger partial charge in [0.2, 0.25) is 0 Å². The molecule has 0 aliphatic carbocycles. The minimum absolute atomic E-state index is 0.105. The van der Waals surface area contributed by atoms with Gasteiger partial charge in [0.1, 0.15) is 11.2 Å². The fourth-order valence-electron chi connectivity index (χ4n) is 4.47. The molecular formula is C26H19NO. The van der Waals surface area contributed by atoms with Crippen LogP contribution in [0.2, 0.25) is 0 Å². The Morgan fingerprint density at radius 3 is 2.61 bits per heavy atom. The number of benzene rings is 3. The first kappa shape index (κ1) is 15.5. The highest BCUT2D eigenvalue weighted by atomic mass is 16.3. The lowest BCUT2D eigenvalue weighted by atomic mass is 9.95. The maximum atomic E-state index is 6.33. The zero-order chi connectivity index (χ0) is 18.8. The summed E-state index contributed by atoms with van der Waals surface area (Å²) < 4.78 is 6.33. The molecule has 28 heavy (non-hydrogen) atoms. The number of allylic oxidation sites excluding steroid dienone is 2. The quantitative estimate of drug-likeness (QED) is 0.369. The summed E-state index contributed by atoms with van der Waals surface area (Å²) in [6, 6.07) is 21.4. The highest BCUT2D eigenvalue weighted by Gasteiger charge is 2.35. The molecule has 2 nitrogen and oxygen atoms in total. The van der Waals surface area contributed by atoms with Gasteiger partial charge in [-0.25, -0.2) is 0 Å². The van der Waals surface area contributed by atoms with E-state index in [1.165, 1.54) is 38.6 Å². The molecule has 6 rings (SSSR count). The van der Waals surface area contributed by atoms with Crippen molar-refractivity contribution in [2.24, 2.45) is 0 Å². The van der Waals surface area contributed by atoms with E-state index in [2.05, 4.69) is 85.3 Å². The zero-order valence-corrected chi connectivity index (χ0v) is 15.6. The smallest absolute Gasteiger partial charge is 0.141 e. The summed E-state index contributed by atoms with van der Waals surface area (Å²) >= 11 is 0. The summed E-state index contributed by atoms with van der Waals surface area (Å²) in [5, 5.41) is 2.34. The lowest BCUT2D eigenvalue weighted by molar-refractivity contribution is 0.482. The Kier molecular flexibility index (Phi) is 3.05. The molecule has 3 aromatic carbocycles. The number of hydrogen-bond acceptors (Lipinski definition) is 2. The second-order valence-electron chi connectivity index (χ2n) is 7.60. The number of rotatable bonds is 1. The first-order valence-electron chi connectivity index (χ1n) is 9.59. The summed E-state index contributed by atoms with van der Waals surface area (Å²) in [6.07, 6.45) is 6.65. The maximum absolute atomic E-state index is 6.33. The third kappa shape index (κ3) is 2.03. The Hall–Kier alpha value is -3.52. The number of hydrogen-bond donors (Lipinski definition) is 0. The van der Waals surface area contributed by atoms with Gasteiger partial charge in [0.15, 0.2) is 0 Å². The Morgan fingerprint density at radius 2 is 1.75 bits per heavy atom. The molecular weight excluding hydrogens is 342 g/mol. The molecule has 1 atom stereocenters. The molecule has 4 aromatic rings. The molecule has 1 aromatic heterocycles. The van der Waals surface area contributed by atoms with Gasteiger partial charge >= 0.3 is 0 Å². The summed E-state index contributed by atoms with van der Waals surface area (Å²) in [6.45, 7) is 6.47. The fraction of sp³-hybridized carbons (Fsp3) is 0.0769. The van der Waals surface area contributed by atoms with Gasteiger partial charge in [-0.1, -0.05) is 60.7 Å². The fourth-order valence-corrected chi connectivity index (χ4v) is 4.47. The standard InChI is InChI=1S/C26H19NO/c1-16-7-9-18(10-8-16)19-13-14-27-17(2)20-11-12-22-21-5-3-4-6-24(21)28-26(22)25(20)23(27)15-19/h3-15,23H,2H2,1H3. The SMILES string of the molecule is C=C1c2ccc3c(oc4ccccc43)c2C2C=C(c3ccc(C)cc3)C=CN12. The normalized spacial score (nSPS) is 17.9. The summed E-state index contributed by atoms with van der Waals surface area (Å²) in [5.74, 6) is 0. The number of aryl methyl sites for hydroxylation is 1. The van der Waals surface area contributed by atoms with Gasteiger partial charge in [-0.2, -0.15) is 0 Å². The van der Waals surface area contributed by atoms with Gasteiger partial charge in [0.05, 0.1) is 6.04 Å². The molecule has 3 heterocycles. The second-order valence-corrected chi connectivity index (χ2v) is 7.60. The van der Waals surface area contributed by atoms with Crippen LogP contribution in [0.25, 0.3) is 33.2 Å². The Labute approximate surface area is 163 Å². The van der Waals surface area contributed by atoms with E-state index < -0.39 is 0 Å². The van der Waals surface area contributed by atoms with Gasteiger partial charge in [-0.3, -0.25) is 0 Å². The molecule has 1 unspecified atom stereocenters. The number of furan rings is 1. The molecule has 0 saturated heterocycles. The molecule has 0 saturated carbocycles. The zero-order valence-electron chi connectivity index (χ0n) is 15.6. The van der Waals surface area contributed by atoms with Crippen LogP contribution in [-0.4, -0.2) is 4.90 Å². The van der Waals surface area contributed by atoms with Crippen molar-refractivity contribution in [3.05, 3.63) is 108 Å². The van der Waals surface area contributed by atoms with Crippen LogP contribution in [0.4, 0.5) is 0 Å². The largest absolute Gasteiger partial charge is 0.456 e. The molecule has 134 valence electrons. The monoisotopic (exact) mass is 361 g/mol. The molecule has 2 heteroatoms. The van der Waals surface area contributed by atoms with E-state index in [1.807, 2.05) is 12.1 Å². The molecule has 0 radical (unpaired) electrons. The first-order chi connectivity index (χ1) is 13.7. The predicted molar refractivity (Wildman–Crippen MR) is 116 cm³/mol. The van der Waals surface area contributed by atoms with Crippen molar-refractivity contribution in [2.75, 3.05) is 0 Å². The van der Waals surface area contributed by atoms with Crippen molar-refractivity contribution in [3.63, 3.8) is 0 Å². The minimum atomic E-state index is 0.105. The average molecular weight is 361 g/mol. The Morgan fingerprint density at radius 1 is 0.929 bits per heavy atom. The predicted octanol–water partition coefficient (Wildman–Crippen LogP) is 6.83. The van der Waals surface area contributed by atoms with E-state index in [9.17, 15) is 0 Å². The highest BCUT2D eigenvalue weighted by molar-refractivity contribution is 6.07. The molecule has 2 aliphatic rings. The average Bonchev–Trinajstić information content (AvgIpc) is 3.24. The van der Waals surface area contributed by atoms with E-state index in [4.69, 9.17) is 4.42 Å². The van der Waals surface area contributed by atoms with Crippen molar-refractivity contribution in [2.45, 2.75) is 13.0 Å². The topological polar surface area (TPSA) is 16.4 Å². The lowest BCUT2D eigenvalue weighted by Crippen LogP contribution is -2.15. The number of fused-ring (bicyclic) bond motifs is 7. The summed E-state index contributed by atoms with van der Waals surface area (Å²) in [4.78, 5) is 2.25. The van der Waals surface area contributed by atoms with E-state index in [0.717, 1.165) is 16.9 Å².